The molecular weight excluding hydrogens is 319 g/mol. The Morgan fingerprint density at radius 3 is 2.30 bits per heavy atom. The molecule has 1 aliphatic rings. The SMILES string of the molecule is ClC(Cl)(Cl)C1=C(c2ccco2)C(c2ccccc2)=N[N]1. The summed E-state index contributed by atoms with van der Waals surface area (Å²) in [5.74, 6) is 0.565. The quantitative estimate of drug-likeness (QED) is 0.755. The average molecular weight is 327 g/mol. The average Bonchev–Trinajstić information content (AvgIpc) is 3.07. The Bertz CT molecular complexity index is 670. The van der Waals surface area contributed by atoms with Gasteiger partial charge < -0.3 is 4.42 Å². The highest BCUT2D eigenvalue weighted by Gasteiger charge is 2.38. The van der Waals surface area contributed by atoms with E-state index in [1.807, 2.05) is 30.3 Å². The topological polar surface area (TPSA) is 39.6 Å². The summed E-state index contributed by atoms with van der Waals surface area (Å²) >= 11 is 17.9. The molecule has 0 N–H and O–H groups in total. The molecule has 101 valence electrons. The first-order chi connectivity index (χ1) is 9.57. The number of allylic oxidation sites excluding steroid dienone is 2. The van der Waals surface area contributed by atoms with Gasteiger partial charge in [-0.1, -0.05) is 65.1 Å². The summed E-state index contributed by atoms with van der Waals surface area (Å²) in [4.78, 5) is 0. The summed E-state index contributed by atoms with van der Waals surface area (Å²) in [5.41, 5.74) is 6.38. The molecule has 0 spiro atoms. The Morgan fingerprint density at radius 1 is 0.950 bits per heavy atom. The highest BCUT2D eigenvalue weighted by Crippen LogP contribution is 2.41. The third-order valence-electron chi connectivity index (χ3n) is 2.81. The smallest absolute Gasteiger partial charge is 0.235 e. The Morgan fingerprint density at radius 2 is 1.70 bits per heavy atom. The third kappa shape index (κ3) is 2.44. The maximum absolute atomic E-state index is 5.97. The fourth-order valence-electron chi connectivity index (χ4n) is 1.96. The van der Waals surface area contributed by atoms with Crippen molar-refractivity contribution in [2.75, 3.05) is 0 Å². The largest absolute Gasteiger partial charge is 0.464 e. The van der Waals surface area contributed by atoms with Crippen molar-refractivity contribution in [3.63, 3.8) is 0 Å². The molecule has 6 heteroatoms. The number of hydrogen-bond acceptors (Lipinski definition) is 2. The normalized spacial score (nSPS) is 15.2. The van der Waals surface area contributed by atoms with Crippen molar-refractivity contribution >= 4 is 46.1 Å². The number of alkyl halides is 3. The summed E-state index contributed by atoms with van der Waals surface area (Å²) in [7, 11) is 0. The lowest BCUT2D eigenvalue weighted by atomic mass is 10.00. The van der Waals surface area contributed by atoms with Gasteiger partial charge in [-0.15, -0.1) is 10.5 Å². The van der Waals surface area contributed by atoms with E-state index in [1.54, 1.807) is 18.4 Å². The van der Waals surface area contributed by atoms with Crippen molar-refractivity contribution in [2.24, 2.45) is 5.10 Å². The van der Waals surface area contributed by atoms with Gasteiger partial charge in [0.2, 0.25) is 3.79 Å². The minimum Gasteiger partial charge on any atom is -0.464 e. The first-order valence-corrected chi connectivity index (χ1v) is 6.90. The molecule has 2 heterocycles. The van der Waals surface area contributed by atoms with Crippen LogP contribution in [0.25, 0.3) is 5.57 Å². The monoisotopic (exact) mass is 325 g/mol. The summed E-state index contributed by atoms with van der Waals surface area (Å²) in [6.45, 7) is 0. The number of halogens is 3. The molecule has 0 fully saturated rings. The molecule has 1 aromatic carbocycles. The van der Waals surface area contributed by atoms with Crippen LogP contribution < -0.4 is 5.43 Å². The highest BCUT2D eigenvalue weighted by atomic mass is 35.6. The van der Waals surface area contributed by atoms with E-state index in [9.17, 15) is 0 Å². The summed E-state index contributed by atoms with van der Waals surface area (Å²) in [5, 5.41) is 4.15. The van der Waals surface area contributed by atoms with E-state index >= 15 is 0 Å². The van der Waals surface area contributed by atoms with Crippen LogP contribution in [0.4, 0.5) is 0 Å². The summed E-state index contributed by atoms with van der Waals surface area (Å²) < 4.78 is 3.76. The third-order valence-corrected chi connectivity index (χ3v) is 3.34. The van der Waals surface area contributed by atoms with Crippen LogP contribution in [-0.4, -0.2) is 9.50 Å². The van der Waals surface area contributed by atoms with Crippen molar-refractivity contribution in [3.05, 3.63) is 65.7 Å². The fraction of sp³-hybridized carbons (Fsp3) is 0.0714. The van der Waals surface area contributed by atoms with Crippen LogP contribution in [0, 0.1) is 0 Å². The van der Waals surface area contributed by atoms with Crippen molar-refractivity contribution in [1.82, 2.24) is 5.43 Å². The van der Waals surface area contributed by atoms with E-state index in [0.29, 0.717) is 17.0 Å². The minimum absolute atomic E-state index is 0.260. The molecule has 1 aliphatic heterocycles. The molecule has 0 atom stereocenters. The van der Waals surface area contributed by atoms with E-state index < -0.39 is 3.79 Å². The number of rotatable bonds is 2. The first kappa shape index (κ1) is 13.6. The van der Waals surface area contributed by atoms with Gasteiger partial charge >= 0.3 is 0 Å². The van der Waals surface area contributed by atoms with Gasteiger partial charge in [-0.05, 0) is 12.1 Å². The van der Waals surface area contributed by atoms with Gasteiger partial charge in [0.05, 0.1) is 11.8 Å². The summed E-state index contributed by atoms with van der Waals surface area (Å²) in [6.07, 6.45) is 1.55. The molecule has 1 radical (unpaired) electrons. The zero-order chi connectivity index (χ0) is 14.2. The maximum atomic E-state index is 5.97. The first-order valence-electron chi connectivity index (χ1n) is 5.77. The molecule has 3 rings (SSSR count). The lowest BCUT2D eigenvalue weighted by molar-refractivity contribution is 0.554. The van der Waals surface area contributed by atoms with E-state index in [-0.39, 0.29) is 5.70 Å². The predicted octanol–water partition coefficient (Wildman–Crippen LogP) is 4.38. The molecule has 3 nitrogen and oxygen atoms in total. The van der Waals surface area contributed by atoms with Crippen molar-refractivity contribution in [2.45, 2.75) is 3.79 Å². The second-order valence-electron chi connectivity index (χ2n) is 4.11. The van der Waals surface area contributed by atoms with Crippen molar-refractivity contribution in [1.29, 1.82) is 0 Å². The number of nitrogens with zero attached hydrogens (tertiary/aromatic N) is 2. The van der Waals surface area contributed by atoms with Gasteiger partial charge in [-0.2, -0.15) is 0 Å². The van der Waals surface area contributed by atoms with Gasteiger partial charge in [-0.25, -0.2) is 0 Å². The van der Waals surface area contributed by atoms with Gasteiger partial charge in [-0.3, -0.25) is 0 Å². The molecule has 0 aliphatic carbocycles. The van der Waals surface area contributed by atoms with Crippen LogP contribution in [0.15, 0.2) is 63.9 Å². The molecule has 0 unspecified atom stereocenters. The predicted molar refractivity (Wildman–Crippen MR) is 81.0 cm³/mol. The van der Waals surface area contributed by atoms with Crippen LogP contribution in [0.5, 0.6) is 0 Å². The molecule has 0 bridgehead atoms. The van der Waals surface area contributed by atoms with E-state index in [2.05, 4.69) is 10.5 Å². The highest BCUT2D eigenvalue weighted by molar-refractivity contribution is 6.70. The minimum atomic E-state index is -1.66. The Hall–Kier alpha value is -1.42. The zero-order valence-corrected chi connectivity index (χ0v) is 12.3. The second-order valence-corrected chi connectivity index (χ2v) is 6.39. The molecule has 0 saturated heterocycles. The lowest BCUT2D eigenvalue weighted by Gasteiger charge is -2.12. The number of furan rings is 1. The van der Waals surface area contributed by atoms with E-state index in [0.717, 1.165) is 5.56 Å². The fourth-order valence-corrected chi connectivity index (χ4v) is 2.36. The molecule has 0 amide bonds. The van der Waals surface area contributed by atoms with Gasteiger partial charge in [0.1, 0.15) is 17.2 Å². The second kappa shape index (κ2) is 5.17. The Balaban J connectivity index is 2.15. The Labute approximate surface area is 130 Å². The van der Waals surface area contributed by atoms with Crippen molar-refractivity contribution < 1.29 is 4.42 Å². The van der Waals surface area contributed by atoms with Gasteiger partial charge in [0.25, 0.3) is 0 Å². The molecule has 0 saturated carbocycles. The Kier molecular flexibility index (Phi) is 3.50. The number of hydrogen-bond donors (Lipinski definition) is 0. The molecular formula is C14H8Cl3N2O. The zero-order valence-electron chi connectivity index (χ0n) is 10.1. The van der Waals surface area contributed by atoms with Crippen LogP contribution in [-0.2, 0) is 0 Å². The molecule has 20 heavy (non-hydrogen) atoms. The van der Waals surface area contributed by atoms with Gasteiger partial charge in [0, 0.05) is 5.56 Å². The van der Waals surface area contributed by atoms with Crippen LogP contribution in [0.1, 0.15) is 11.3 Å². The van der Waals surface area contributed by atoms with Crippen LogP contribution >= 0.6 is 34.8 Å². The van der Waals surface area contributed by atoms with Crippen LogP contribution in [0.2, 0.25) is 0 Å². The molecule has 1 aromatic heterocycles. The van der Waals surface area contributed by atoms with Crippen LogP contribution in [0.3, 0.4) is 0 Å². The lowest BCUT2D eigenvalue weighted by Crippen LogP contribution is -2.14. The van der Waals surface area contributed by atoms with Crippen molar-refractivity contribution in [3.8, 4) is 0 Å². The summed E-state index contributed by atoms with van der Waals surface area (Å²) in [6, 6.07) is 13.1. The van der Waals surface area contributed by atoms with E-state index in [1.165, 1.54) is 0 Å². The van der Waals surface area contributed by atoms with Gasteiger partial charge in [0.15, 0.2) is 0 Å². The molecule has 2 aromatic rings. The number of benzene rings is 1. The standard InChI is InChI=1S/C14H8Cl3N2O/c15-14(16,17)13-11(10-7-4-8-20-10)12(18-19-13)9-5-2-1-3-6-9/h1-8H. The maximum Gasteiger partial charge on any atom is 0.235 e. The van der Waals surface area contributed by atoms with E-state index in [4.69, 9.17) is 39.2 Å².